The van der Waals surface area contributed by atoms with E-state index in [1.807, 2.05) is 24.3 Å². The molecule has 0 spiro atoms. The highest BCUT2D eigenvalue weighted by Crippen LogP contribution is 2.29. The Morgan fingerprint density at radius 1 is 0.919 bits per heavy atom. The molecule has 2 aliphatic rings. The van der Waals surface area contributed by atoms with E-state index in [1.54, 1.807) is 12.3 Å². The van der Waals surface area contributed by atoms with Gasteiger partial charge >= 0.3 is 0 Å². The number of rotatable bonds is 7. The minimum Gasteiger partial charge on any atom is -0.349 e. The van der Waals surface area contributed by atoms with Crippen LogP contribution in [-0.2, 0) is 0 Å². The van der Waals surface area contributed by atoms with E-state index in [2.05, 4.69) is 15.2 Å². The van der Waals surface area contributed by atoms with Gasteiger partial charge in [0.25, 0.3) is 5.91 Å². The van der Waals surface area contributed by atoms with Gasteiger partial charge < -0.3 is 10.2 Å². The normalized spacial score (nSPS) is 21.1. The van der Waals surface area contributed by atoms with Gasteiger partial charge in [0.2, 0.25) is 0 Å². The van der Waals surface area contributed by atoms with Crippen molar-refractivity contribution in [2.45, 2.75) is 51.0 Å². The third-order valence-corrected chi connectivity index (χ3v) is 8.09. The molecule has 5 nitrogen and oxygen atoms in total. The zero-order valence-electron chi connectivity index (χ0n) is 21.0. The summed E-state index contributed by atoms with van der Waals surface area (Å²) in [5.41, 5.74) is 1.77. The topological polar surface area (TPSA) is 62.3 Å². The van der Waals surface area contributed by atoms with Crippen molar-refractivity contribution in [1.82, 2.24) is 15.2 Å². The molecule has 3 aromatic rings. The van der Waals surface area contributed by atoms with Gasteiger partial charge in [0, 0.05) is 29.1 Å². The first-order valence-corrected chi connectivity index (χ1v) is 13.3. The third-order valence-electron chi connectivity index (χ3n) is 8.09. The summed E-state index contributed by atoms with van der Waals surface area (Å²) in [6.45, 7) is 2.72. The number of pyridine rings is 1. The predicted molar refractivity (Wildman–Crippen MR) is 139 cm³/mol. The number of carbonyl (C=O) groups excluding carboxylic acids is 2. The Kier molecular flexibility index (Phi) is 7.89. The lowest BCUT2D eigenvalue weighted by Crippen LogP contribution is -2.39. The van der Waals surface area contributed by atoms with E-state index in [0.29, 0.717) is 11.5 Å². The minimum atomic E-state index is -0.969. The molecular formula is C30H33F2N3O2. The number of amides is 1. The number of ketones is 1. The molecule has 37 heavy (non-hydrogen) atoms. The number of Topliss-reactive ketones (excluding diaryl/α,β-unsaturated/α-hetero) is 1. The van der Waals surface area contributed by atoms with Crippen LogP contribution in [0.5, 0.6) is 0 Å². The molecule has 2 aromatic carbocycles. The summed E-state index contributed by atoms with van der Waals surface area (Å²) >= 11 is 0. The number of benzene rings is 2. The van der Waals surface area contributed by atoms with E-state index < -0.39 is 11.6 Å². The number of halogens is 2. The van der Waals surface area contributed by atoms with Crippen molar-refractivity contribution in [3.8, 4) is 0 Å². The number of aromatic nitrogens is 1. The Bertz CT molecular complexity index is 1260. The van der Waals surface area contributed by atoms with Crippen LogP contribution in [0.1, 0.15) is 65.7 Å². The summed E-state index contributed by atoms with van der Waals surface area (Å²) in [6, 6.07) is 13.1. The van der Waals surface area contributed by atoms with Gasteiger partial charge in [-0.2, -0.15) is 0 Å². The summed E-state index contributed by atoms with van der Waals surface area (Å²) in [7, 11) is 0. The van der Waals surface area contributed by atoms with Gasteiger partial charge in [0.1, 0.15) is 0 Å². The Hall–Kier alpha value is -3.19. The molecule has 0 atom stereocenters. The van der Waals surface area contributed by atoms with Crippen molar-refractivity contribution in [2.24, 2.45) is 11.8 Å². The number of nitrogens with one attached hydrogen (secondary N) is 1. The molecule has 1 saturated carbocycles. The second-order valence-electron chi connectivity index (χ2n) is 10.5. The summed E-state index contributed by atoms with van der Waals surface area (Å²) < 4.78 is 26.7. The summed E-state index contributed by atoms with van der Waals surface area (Å²) in [5.74, 6) is -1.48. The highest BCUT2D eigenvalue weighted by atomic mass is 19.2. The lowest BCUT2D eigenvalue weighted by molar-refractivity contribution is 0.0832. The number of piperidine rings is 1. The van der Waals surface area contributed by atoms with Gasteiger partial charge in [-0.15, -0.1) is 0 Å². The number of carbonyl (C=O) groups is 2. The maximum absolute atomic E-state index is 13.5. The molecule has 1 aliphatic heterocycles. The summed E-state index contributed by atoms with van der Waals surface area (Å²) in [5, 5.41) is 4.12. The van der Waals surface area contributed by atoms with E-state index >= 15 is 0 Å². The molecule has 1 aliphatic carbocycles. The van der Waals surface area contributed by atoms with Crippen molar-refractivity contribution in [3.05, 3.63) is 77.5 Å². The number of nitrogens with zero attached hydrogens (tertiary/aromatic N) is 2. The van der Waals surface area contributed by atoms with Crippen molar-refractivity contribution < 1.29 is 18.4 Å². The van der Waals surface area contributed by atoms with Gasteiger partial charge in [-0.3, -0.25) is 14.6 Å². The smallest absolute Gasteiger partial charge is 0.252 e. The van der Waals surface area contributed by atoms with Gasteiger partial charge in [-0.1, -0.05) is 18.2 Å². The van der Waals surface area contributed by atoms with Crippen LogP contribution in [0, 0.1) is 23.5 Å². The molecule has 1 saturated heterocycles. The summed E-state index contributed by atoms with van der Waals surface area (Å²) in [6.07, 6.45) is 8.50. The van der Waals surface area contributed by atoms with Crippen LogP contribution in [0.4, 0.5) is 8.78 Å². The maximum atomic E-state index is 13.5. The molecule has 1 amide bonds. The van der Waals surface area contributed by atoms with Crippen molar-refractivity contribution in [2.75, 3.05) is 19.6 Å². The van der Waals surface area contributed by atoms with E-state index in [1.165, 1.54) is 6.07 Å². The monoisotopic (exact) mass is 505 g/mol. The van der Waals surface area contributed by atoms with E-state index in [-0.39, 0.29) is 29.2 Å². The number of likely N-dealkylation sites (tertiary alicyclic amines) is 1. The highest BCUT2D eigenvalue weighted by molar-refractivity contribution is 6.06. The third kappa shape index (κ3) is 6.04. The molecule has 7 heteroatoms. The van der Waals surface area contributed by atoms with Crippen LogP contribution >= 0.6 is 0 Å². The Morgan fingerprint density at radius 3 is 2.43 bits per heavy atom. The van der Waals surface area contributed by atoms with Gasteiger partial charge in [0.05, 0.1) is 11.1 Å². The van der Waals surface area contributed by atoms with Crippen LogP contribution in [0.3, 0.4) is 0 Å². The average molecular weight is 506 g/mol. The maximum Gasteiger partial charge on any atom is 0.252 e. The molecule has 194 valence electrons. The van der Waals surface area contributed by atoms with Crippen LogP contribution in [0.15, 0.2) is 54.7 Å². The van der Waals surface area contributed by atoms with Gasteiger partial charge in [-0.25, -0.2) is 8.78 Å². The average Bonchev–Trinajstić information content (AvgIpc) is 2.93. The number of para-hydroxylation sites is 1. The number of fused-ring (bicyclic) bond motifs is 1. The molecular weight excluding hydrogens is 472 g/mol. The molecule has 2 heterocycles. The number of hydrogen-bond donors (Lipinski definition) is 1. The number of hydrogen-bond acceptors (Lipinski definition) is 4. The Morgan fingerprint density at radius 2 is 1.68 bits per heavy atom. The first-order chi connectivity index (χ1) is 18.0. The quantitative estimate of drug-likeness (QED) is 0.413. The standard InChI is InChI=1S/C30H33F2N3O2/c31-26-10-7-22(19-27(26)32)29(36)21-13-17-35(18-14-21)16-12-20-5-8-23(9-6-20)34-30(37)25-11-15-33-28-4-2-1-3-24(25)28/h1-4,7,10-11,15,19-21,23H,5-6,8-9,12-14,16-18H2,(H,34,37)/t20-,23-. The molecule has 1 N–H and O–H groups in total. The zero-order chi connectivity index (χ0) is 25.8. The fourth-order valence-electron chi connectivity index (χ4n) is 5.82. The second kappa shape index (κ2) is 11.5. The summed E-state index contributed by atoms with van der Waals surface area (Å²) in [4.78, 5) is 32.4. The lowest BCUT2D eigenvalue weighted by atomic mass is 9.83. The van der Waals surface area contributed by atoms with Crippen molar-refractivity contribution in [1.29, 1.82) is 0 Å². The Labute approximate surface area is 216 Å². The zero-order valence-corrected chi connectivity index (χ0v) is 21.0. The minimum absolute atomic E-state index is 0.0251. The van der Waals surface area contributed by atoms with E-state index in [4.69, 9.17) is 0 Å². The van der Waals surface area contributed by atoms with Crippen LogP contribution in [0.2, 0.25) is 0 Å². The fourth-order valence-corrected chi connectivity index (χ4v) is 5.82. The molecule has 0 radical (unpaired) electrons. The molecule has 0 unspecified atom stereocenters. The van der Waals surface area contributed by atoms with Crippen LogP contribution < -0.4 is 5.32 Å². The Balaban J connectivity index is 1.03. The highest BCUT2D eigenvalue weighted by Gasteiger charge is 2.28. The molecule has 2 fully saturated rings. The fraction of sp³-hybridized carbons (Fsp3) is 0.433. The van der Waals surface area contributed by atoms with Gasteiger partial charge in [0.15, 0.2) is 17.4 Å². The van der Waals surface area contributed by atoms with Crippen LogP contribution in [-0.4, -0.2) is 47.3 Å². The van der Waals surface area contributed by atoms with Crippen LogP contribution in [0.25, 0.3) is 10.9 Å². The second-order valence-corrected chi connectivity index (χ2v) is 10.5. The largest absolute Gasteiger partial charge is 0.349 e. The van der Waals surface area contributed by atoms with E-state index in [0.717, 1.165) is 87.6 Å². The van der Waals surface area contributed by atoms with Crippen molar-refractivity contribution in [3.63, 3.8) is 0 Å². The van der Waals surface area contributed by atoms with Gasteiger partial charge in [-0.05, 0) is 101 Å². The van der Waals surface area contributed by atoms with E-state index in [9.17, 15) is 18.4 Å². The molecule has 1 aromatic heterocycles. The SMILES string of the molecule is O=C(N[C@H]1CC[C@H](CCN2CCC(C(=O)c3ccc(F)c(F)c3)CC2)CC1)c1ccnc2ccccc12. The molecule has 5 rings (SSSR count). The predicted octanol–water partition coefficient (Wildman–Crippen LogP) is 5.79. The first kappa shape index (κ1) is 25.5. The first-order valence-electron chi connectivity index (χ1n) is 13.3. The lowest BCUT2D eigenvalue weighted by Gasteiger charge is -2.34. The molecule has 0 bridgehead atoms. The van der Waals surface area contributed by atoms with Crippen molar-refractivity contribution >= 4 is 22.6 Å².